The van der Waals surface area contributed by atoms with Crippen LogP contribution in [0.4, 0.5) is 4.39 Å². The Morgan fingerprint density at radius 3 is 2.48 bits per heavy atom. The average Bonchev–Trinajstić information content (AvgIpc) is 2.65. The Morgan fingerprint density at radius 2 is 1.81 bits per heavy atom. The summed E-state index contributed by atoms with van der Waals surface area (Å²) in [5.74, 6) is -0.743. The van der Waals surface area contributed by atoms with Crippen molar-refractivity contribution < 1.29 is 23.4 Å². The molecule has 1 heterocycles. The Balaban J connectivity index is 1.84. The van der Waals surface area contributed by atoms with Gasteiger partial charge in [-0.3, -0.25) is 0 Å². The summed E-state index contributed by atoms with van der Waals surface area (Å²) in [5.41, 5.74) is -0.366. The number of hydrogen-bond donors (Lipinski definition) is 1. The van der Waals surface area contributed by atoms with Crippen molar-refractivity contribution in [1.82, 2.24) is 0 Å². The number of alkyl halides is 1. The number of hydrogen-bond acceptors (Lipinski definition) is 5. The van der Waals surface area contributed by atoms with Crippen LogP contribution >= 0.6 is 0 Å². The second-order valence-electron chi connectivity index (χ2n) is 6.87. The molecule has 140 valence electrons. The Hall–Kier alpha value is -3.15. The zero-order chi connectivity index (χ0) is 19.6. The van der Waals surface area contributed by atoms with Gasteiger partial charge in [0, 0.05) is 6.42 Å². The number of carbonyl (C=O) groups excluding carboxylic acids is 1. The lowest BCUT2D eigenvalue weighted by Crippen LogP contribution is -2.30. The van der Waals surface area contributed by atoms with Gasteiger partial charge in [-0.15, -0.1) is 0 Å². The zero-order valence-electron chi connectivity index (χ0n) is 15.0. The van der Waals surface area contributed by atoms with E-state index >= 15 is 0 Å². The van der Waals surface area contributed by atoms with Crippen LogP contribution in [0.15, 0.2) is 57.7 Å². The molecular formula is C21H19FO5. The van der Waals surface area contributed by atoms with Crippen LogP contribution in [-0.2, 0) is 11.2 Å². The topological polar surface area (TPSA) is 76.7 Å². The van der Waals surface area contributed by atoms with Crippen LogP contribution in [0, 0.1) is 0 Å². The Labute approximate surface area is 155 Å². The minimum Gasteiger partial charge on any atom is -0.507 e. The fourth-order valence-electron chi connectivity index (χ4n) is 2.63. The van der Waals surface area contributed by atoms with Crippen molar-refractivity contribution in [3.05, 3.63) is 75.6 Å². The van der Waals surface area contributed by atoms with Gasteiger partial charge in [0.15, 0.2) is 0 Å². The lowest BCUT2D eigenvalue weighted by Gasteiger charge is -2.21. The zero-order valence-corrected chi connectivity index (χ0v) is 15.0. The summed E-state index contributed by atoms with van der Waals surface area (Å²) >= 11 is 0. The second kappa shape index (κ2) is 7.23. The van der Waals surface area contributed by atoms with Gasteiger partial charge >= 0.3 is 11.6 Å². The maximum atomic E-state index is 12.8. The van der Waals surface area contributed by atoms with Crippen LogP contribution in [0.25, 0.3) is 11.0 Å². The van der Waals surface area contributed by atoms with E-state index in [-0.39, 0.29) is 23.3 Å². The van der Waals surface area contributed by atoms with Crippen molar-refractivity contribution in [2.75, 3.05) is 6.67 Å². The highest BCUT2D eigenvalue weighted by atomic mass is 19.1. The van der Waals surface area contributed by atoms with Gasteiger partial charge in [-0.2, -0.15) is 0 Å². The van der Waals surface area contributed by atoms with E-state index in [1.165, 1.54) is 26.0 Å². The molecule has 0 aliphatic carbocycles. The summed E-state index contributed by atoms with van der Waals surface area (Å²) in [6.07, 6.45) is 0.143. The molecule has 0 spiro atoms. The van der Waals surface area contributed by atoms with Gasteiger partial charge < -0.3 is 14.3 Å². The van der Waals surface area contributed by atoms with Crippen LogP contribution in [0.5, 0.6) is 5.75 Å². The number of ether oxygens (including phenoxy) is 1. The summed E-state index contributed by atoms with van der Waals surface area (Å²) in [7, 11) is 0. The van der Waals surface area contributed by atoms with E-state index in [4.69, 9.17) is 9.15 Å². The minimum atomic E-state index is -1.19. The molecule has 0 amide bonds. The Kier molecular flexibility index (Phi) is 4.99. The van der Waals surface area contributed by atoms with Gasteiger partial charge in [0.2, 0.25) is 0 Å². The summed E-state index contributed by atoms with van der Waals surface area (Å²) in [4.78, 5) is 24.2. The first-order valence-electron chi connectivity index (χ1n) is 8.42. The number of para-hydroxylation sites is 1. The van der Waals surface area contributed by atoms with Crippen molar-refractivity contribution in [3.8, 4) is 5.75 Å². The Bertz CT molecular complexity index is 1030. The molecule has 0 atom stereocenters. The van der Waals surface area contributed by atoms with Gasteiger partial charge in [0.25, 0.3) is 0 Å². The number of carbonyl (C=O) groups is 1. The molecule has 0 bridgehead atoms. The van der Waals surface area contributed by atoms with E-state index in [1.807, 2.05) is 0 Å². The molecule has 0 fully saturated rings. The van der Waals surface area contributed by atoms with E-state index in [9.17, 15) is 19.1 Å². The maximum Gasteiger partial charge on any atom is 0.343 e. The third-order valence-electron chi connectivity index (χ3n) is 4.14. The van der Waals surface area contributed by atoms with E-state index in [0.29, 0.717) is 16.5 Å². The molecule has 3 aromatic rings. The standard InChI is InChI=1S/C21H19FO5/c1-21(2,12-22)27-19(24)14-9-7-13(8-10-14)11-16-18(23)15-5-3-4-6-17(15)26-20(16)25/h3-10,23H,11-12H2,1-2H3. The molecule has 3 rings (SSSR count). The summed E-state index contributed by atoms with van der Waals surface area (Å²) in [6, 6.07) is 13.1. The predicted octanol–water partition coefficient (Wildman–Crippen LogP) is 3.99. The van der Waals surface area contributed by atoms with Gasteiger partial charge in [0.05, 0.1) is 16.5 Å². The monoisotopic (exact) mass is 370 g/mol. The van der Waals surface area contributed by atoms with Crippen molar-refractivity contribution in [2.24, 2.45) is 0 Å². The molecule has 0 unspecified atom stereocenters. The molecule has 27 heavy (non-hydrogen) atoms. The largest absolute Gasteiger partial charge is 0.507 e. The number of esters is 1. The molecule has 0 saturated heterocycles. The number of halogens is 1. The third kappa shape index (κ3) is 4.00. The highest BCUT2D eigenvalue weighted by Crippen LogP contribution is 2.27. The molecule has 0 saturated carbocycles. The predicted molar refractivity (Wildman–Crippen MR) is 98.9 cm³/mol. The van der Waals surface area contributed by atoms with Crippen molar-refractivity contribution in [1.29, 1.82) is 0 Å². The first kappa shape index (κ1) is 18.6. The summed E-state index contributed by atoms with van der Waals surface area (Å²) < 4.78 is 23.1. The van der Waals surface area contributed by atoms with E-state index in [2.05, 4.69) is 0 Å². The maximum absolute atomic E-state index is 12.8. The van der Waals surface area contributed by atoms with Gasteiger partial charge in [-0.05, 0) is 43.7 Å². The van der Waals surface area contributed by atoms with E-state index in [0.717, 1.165) is 0 Å². The molecule has 5 nitrogen and oxygen atoms in total. The van der Waals surface area contributed by atoms with Crippen molar-refractivity contribution in [3.63, 3.8) is 0 Å². The van der Waals surface area contributed by atoms with Crippen LogP contribution in [-0.4, -0.2) is 23.4 Å². The number of rotatable bonds is 5. The lowest BCUT2D eigenvalue weighted by molar-refractivity contribution is -0.0113. The molecule has 6 heteroatoms. The van der Waals surface area contributed by atoms with Crippen LogP contribution in [0.3, 0.4) is 0 Å². The number of benzene rings is 2. The molecule has 2 aromatic carbocycles. The SMILES string of the molecule is CC(C)(CF)OC(=O)c1ccc(Cc2c(O)c3ccccc3oc2=O)cc1. The lowest BCUT2D eigenvalue weighted by atomic mass is 10.0. The van der Waals surface area contributed by atoms with Crippen molar-refractivity contribution in [2.45, 2.75) is 25.9 Å². The Morgan fingerprint density at radius 1 is 1.15 bits per heavy atom. The van der Waals surface area contributed by atoms with Gasteiger partial charge in [-0.25, -0.2) is 14.0 Å². The molecule has 0 radical (unpaired) electrons. The first-order valence-corrected chi connectivity index (χ1v) is 8.42. The first-order chi connectivity index (χ1) is 12.8. The fraction of sp³-hybridized carbons (Fsp3) is 0.238. The smallest absolute Gasteiger partial charge is 0.343 e. The van der Waals surface area contributed by atoms with E-state index < -0.39 is 23.9 Å². The highest BCUT2D eigenvalue weighted by Gasteiger charge is 2.23. The number of aromatic hydroxyl groups is 1. The summed E-state index contributed by atoms with van der Waals surface area (Å²) in [5, 5.41) is 10.9. The molecule has 1 aromatic heterocycles. The molecule has 1 N–H and O–H groups in total. The average molecular weight is 370 g/mol. The third-order valence-corrected chi connectivity index (χ3v) is 4.14. The minimum absolute atomic E-state index is 0.116. The molecule has 0 aliphatic heterocycles. The van der Waals surface area contributed by atoms with Gasteiger partial charge in [0.1, 0.15) is 23.6 Å². The van der Waals surface area contributed by atoms with Crippen molar-refractivity contribution >= 4 is 16.9 Å². The van der Waals surface area contributed by atoms with Crippen LogP contribution < -0.4 is 5.63 Å². The summed E-state index contributed by atoms with van der Waals surface area (Å²) in [6.45, 7) is 2.19. The highest BCUT2D eigenvalue weighted by molar-refractivity contribution is 5.89. The fourth-order valence-corrected chi connectivity index (χ4v) is 2.63. The molecular weight excluding hydrogens is 351 g/mol. The molecule has 0 aliphatic rings. The quantitative estimate of drug-likeness (QED) is 0.543. The van der Waals surface area contributed by atoms with Gasteiger partial charge in [-0.1, -0.05) is 24.3 Å². The second-order valence-corrected chi connectivity index (χ2v) is 6.87. The van der Waals surface area contributed by atoms with Crippen LogP contribution in [0.2, 0.25) is 0 Å². The normalized spacial score (nSPS) is 11.5. The van der Waals surface area contributed by atoms with E-state index in [1.54, 1.807) is 36.4 Å². The van der Waals surface area contributed by atoms with Crippen LogP contribution in [0.1, 0.15) is 35.3 Å². The number of fused-ring (bicyclic) bond motifs is 1.